The number of aromatic nitrogens is 3. The minimum absolute atomic E-state index is 0.169. The second kappa shape index (κ2) is 10.3. The molecule has 4 rings (SSSR count). The van der Waals surface area contributed by atoms with Crippen molar-refractivity contribution >= 4 is 38.5 Å². The summed E-state index contributed by atoms with van der Waals surface area (Å²) in [7, 11) is -2.25. The zero-order valence-corrected chi connectivity index (χ0v) is 20.2. The third kappa shape index (κ3) is 5.60. The lowest BCUT2D eigenvalue weighted by atomic mass is 10.1. The average Bonchev–Trinajstić information content (AvgIpc) is 3.23. The lowest BCUT2D eigenvalue weighted by Crippen LogP contribution is -2.20. The van der Waals surface area contributed by atoms with Crippen LogP contribution in [0, 0.1) is 11.6 Å². The molecular weight excluding hydrogens is 492 g/mol. The molecule has 0 saturated carbocycles. The first-order valence-electron chi connectivity index (χ1n) is 11.0. The molecule has 0 spiro atoms. The molecule has 0 aliphatic heterocycles. The van der Waals surface area contributed by atoms with Gasteiger partial charge in [-0.2, -0.15) is 0 Å². The van der Waals surface area contributed by atoms with Gasteiger partial charge in [-0.25, -0.2) is 27.2 Å². The number of benzene rings is 2. The van der Waals surface area contributed by atoms with Crippen molar-refractivity contribution in [3.8, 4) is 5.75 Å². The standard InChI is InChI=1S/C24H23F2N5O4S/c1-3-10-36(33,34)31-18-9-8-17(25)21(22(18)26)24(32)28-15-12-19-23(27-13-15)30-20(29-19)11-14-4-6-16(35-2)7-5-14/h4-9,12-13,31H,3,10-11H2,1-2H3,(H,28,32)(H,27,29,30). The van der Waals surface area contributed by atoms with E-state index in [-0.39, 0.29) is 11.4 Å². The van der Waals surface area contributed by atoms with E-state index in [0.29, 0.717) is 29.8 Å². The van der Waals surface area contributed by atoms with E-state index in [9.17, 15) is 22.0 Å². The Morgan fingerprint density at radius 3 is 2.58 bits per heavy atom. The molecule has 0 unspecified atom stereocenters. The van der Waals surface area contributed by atoms with Crippen molar-refractivity contribution in [2.45, 2.75) is 19.8 Å². The maximum atomic E-state index is 14.9. The van der Waals surface area contributed by atoms with Crippen LogP contribution in [-0.2, 0) is 16.4 Å². The Hall–Kier alpha value is -4.06. The number of amides is 1. The van der Waals surface area contributed by atoms with E-state index >= 15 is 0 Å². The summed E-state index contributed by atoms with van der Waals surface area (Å²) >= 11 is 0. The lowest BCUT2D eigenvalue weighted by Gasteiger charge is -2.12. The normalized spacial score (nSPS) is 11.4. The van der Waals surface area contributed by atoms with E-state index < -0.39 is 38.8 Å². The minimum atomic E-state index is -3.84. The van der Waals surface area contributed by atoms with Crippen LogP contribution in [0.1, 0.15) is 35.1 Å². The Morgan fingerprint density at radius 2 is 1.89 bits per heavy atom. The number of sulfonamides is 1. The number of hydrogen-bond acceptors (Lipinski definition) is 6. The summed E-state index contributed by atoms with van der Waals surface area (Å²) in [6.45, 7) is 1.64. The minimum Gasteiger partial charge on any atom is -0.497 e. The zero-order valence-electron chi connectivity index (χ0n) is 19.4. The van der Waals surface area contributed by atoms with Crippen molar-refractivity contribution in [1.82, 2.24) is 15.0 Å². The highest BCUT2D eigenvalue weighted by molar-refractivity contribution is 7.92. The third-order valence-electron chi connectivity index (χ3n) is 5.23. The van der Waals surface area contributed by atoms with E-state index in [2.05, 4.69) is 20.3 Å². The number of fused-ring (bicyclic) bond motifs is 1. The first-order valence-corrected chi connectivity index (χ1v) is 12.6. The van der Waals surface area contributed by atoms with Gasteiger partial charge >= 0.3 is 0 Å². The number of hydrogen-bond donors (Lipinski definition) is 3. The van der Waals surface area contributed by atoms with E-state index in [4.69, 9.17) is 4.74 Å². The molecule has 2 heterocycles. The predicted octanol–water partition coefficient (Wildman–Crippen LogP) is 4.24. The molecule has 188 valence electrons. The Morgan fingerprint density at radius 1 is 1.14 bits per heavy atom. The molecule has 0 saturated heterocycles. The van der Waals surface area contributed by atoms with Crippen LogP contribution in [0.2, 0.25) is 0 Å². The Bertz CT molecular complexity index is 1520. The number of imidazole rings is 1. The number of anilines is 2. The van der Waals surface area contributed by atoms with Crippen LogP contribution in [0.4, 0.5) is 20.2 Å². The van der Waals surface area contributed by atoms with Crippen LogP contribution < -0.4 is 14.8 Å². The average molecular weight is 516 g/mol. The molecule has 12 heteroatoms. The summed E-state index contributed by atoms with van der Waals surface area (Å²) in [6.07, 6.45) is 2.11. The maximum absolute atomic E-state index is 14.9. The fourth-order valence-electron chi connectivity index (χ4n) is 3.56. The summed E-state index contributed by atoms with van der Waals surface area (Å²) in [5.41, 5.74) is 0.642. The molecular formula is C24H23F2N5O4S. The summed E-state index contributed by atoms with van der Waals surface area (Å²) in [5.74, 6) is -2.43. The smallest absolute Gasteiger partial charge is 0.261 e. The number of carbonyl (C=O) groups is 1. The molecule has 0 fully saturated rings. The van der Waals surface area contributed by atoms with Gasteiger partial charge in [-0.3, -0.25) is 9.52 Å². The van der Waals surface area contributed by atoms with Gasteiger partial charge in [-0.15, -0.1) is 0 Å². The summed E-state index contributed by atoms with van der Waals surface area (Å²) in [5, 5.41) is 2.40. The van der Waals surface area contributed by atoms with E-state index in [1.165, 1.54) is 12.3 Å². The van der Waals surface area contributed by atoms with Crippen LogP contribution >= 0.6 is 0 Å². The van der Waals surface area contributed by atoms with Gasteiger partial charge in [0, 0.05) is 6.42 Å². The highest BCUT2D eigenvalue weighted by Gasteiger charge is 2.23. The van der Waals surface area contributed by atoms with Gasteiger partial charge in [0.05, 0.1) is 36.0 Å². The number of carbonyl (C=O) groups excluding carboxylic acids is 1. The van der Waals surface area contributed by atoms with Crippen molar-refractivity contribution in [1.29, 1.82) is 0 Å². The molecule has 36 heavy (non-hydrogen) atoms. The fourth-order valence-corrected chi connectivity index (χ4v) is 4.69. The largest absolute Gasteiger partial charge is 0.497 e. The van der Waals surface area contributed by atoms with Crippen molar-refractivity contribution in [2.75, 3.05) is 22.9 Å². The van der Waals surface area contributed by atoms with Crippen LogP contribution in [-0.4, -0.2) is 42.1 Å². The zero-order chi connectivity index (χ0) is 25.9. The van der Waals surface area contributed by atoms with Crippen molar-refractivity contribution in [3.63, 3.8) is 0 Å². The van der Waals surface area contributed by atoms with Gasteiger partial charge in [0.2, 0.25) is 10.0 Å². The molecule has 0 bridgehead atoms. The molecule has 2 aromatic heterocycles. The van der Waals surface area contributed by atoms with Crippen molar-refractivity contribution in [3.05, 3.63) is 77.2 Å². The Labute approximate surface area is 206 Å². The summed E-state index contributed by atoms with van der Waals surface area (Å²) in [6, 6.07) is 10.8. The lowest BCUT2D eigenvalue weighted by molar-refractivity contribution is 0.101. The summed E-state index contributed by atoms with van der Waals surface area (Å²) in [4.78, 5) is 24.4. The quantitative estimate of drug-likeness (QED) is 0.306. The SMILES string of the molecule is CCCS(=O)(=O)Nc1ccc(F)c(C(=O)Nc2cnc3nc(Cc4ccc(OC)cc4)[nH]c3c2)c1F. The van der Waals surface area contributed by atoms with E-state index in [1.807, 2.05) is 29.0 Å². The number of pyridine rings is 1. The van der Waals surface area contributed by atoms with Gasteiger partial charge in [-0.05, 0) is 42.3 Å². The van der Waals surface area contributed by atoms with Gasteiger partial charge in [0.25, 0.3) is 5.91 Å². The van der Waals surface area contributed by atoms with Crippen LogP contribution in [0.3, 0.4) is 0 Å². The van der Waals surface area contributed by atoms with Gasteiger partial charge in [0.15, 0.2) is 11.5 Å². The number of rotatable bonds is 9. The van der Waals surface area contributed by atoms with Gasteiger partial charge in [-0.1, -0.05) is 19.1 Å². The Kier molecular flexibility index (Phi) is 7.15. The van der Waals surface area contributed by atoms with Gasteiger partial charge in [0.1, 0.15) is 23.0 Å². The van der Waals surface area contributed by atoms with E-state index in [0.717, 1.165) is 23.4 Å². The molecule has 0 aliphatic carbocycles. The third-order valence-corrected chi connectivity index (χ3v) is 6.71. The molecule has 2 aromatic carbocycles. The number of halogens is 2. The second-order valence-electron chi connectivity index (χ2n) is 7.96. The number of nitrogens with zero attached hydrogens (tertiary/aromatic N) is 2. The van der Waals surface area contributed by atoms with Crippen LogP contribution in [0.15, 0.2) is 48.7 Å². The highest BCUT2D eigenvalue weighted by atomic mass is 32.2. The highest BCUT2D eigenvalue weighted by Crippen LogP contribution is 2.24. The fraction of sp³-hybridized carbons (Fsp3) is 0.208. The second-order valence-corrected chi connectivity index (χ2v) is 9.80. The van der Waals surface area contributed by atoms with Crippen molar-refractivity contribution < 1.29 is 26.7 Å². The summed E-state index contributed by atoms with van der Waals surface area (Å²) < 4.78 is 60.4. The Balaban J connectivity index is 1.54. The number of aromatic amines is 1. The van der Waals surface area contributed by atoms with Crippen LogP contribution in [0.25, 0.3) is 11.2 Å². The van der Waals surface area contributed by atoms with Crippen LogP contribution in [0.5, 0.6) is 5.75 Å². The number of nitrogens with one attached hydrogen (secondary N) is 3. The molecule has 1 amide bonds. The molecule has 0 atom stereocenters. The first kappa shape index (κ1) is 25.0. The van der Waals surface area contributed by atoms with Gasteiger partial charge < -0.3 is 15.0 Å². The first-order chi connectivity index (χ1) is 17.2. The number of ether oxygens (including phenoxy) is 1. The molecule has 3 N–H and O–H groups in total. The number of methoxy groups -OCH3 is 1. The molecule has 9 nitrogen and oxygen atoms in total. The predicted molar refractivity (Wildman–Crippen MR) is 132 cm³/mol. The monoisotopic (exact) mass is 515 g/mol. The molecule has 0 radical (unpaired) electrons. The topological polar surface area (TPSA) is 126 Å². The van der Waals surface area contributed by atoms with Crippen molar-refractivity contribution in [2.24, 2.45) is 0 Å². The molecule has 0 aliphatic rings. The molecule has 4 aromatic rings. The van der Waals surface area contributed by atoms with E-state index in [1.54, 1.807) is 14.0 Å². The number of H-pyrrole nitrogens is 1. The maximum Gasteiger partial charge on any atom is 0.261 e.